The zero-order chi connectivity index (χ0) is 27.0. The van der Waals surface area contributed by atoms with Crippen molar-refractivity contribution in [3.63, 3.8) is 0 Å². The third-order valence-corrected chi connectivity index (χ3v) is 7.68. The van der Waals surface area contributed by atoms with E-state index in [4.69, 9.17) is 11.6 Å². The van der Waals surface area contributed by atoms with Gasteiger partial charge in [0.05, 0.1) is 18.0 Å². The molecule has 1 aliphatic rings. The Kier molecular flexibility index (Phi) is 9.48. The van der Waals surface area contributed by atoms with E-state index in [9.17, 15) is 9.90 Å². The van der Waals surface area contributed by atoms with Gasteiger partial charge in [-0.3, -0.25) is 4.79 Å². The number of amides is 1. The van der Waals surface area contributed by atoms with E-state index in [1.165, 1.54) is 16.7 Å². The molecule has 1 fully saturated rings. The first kappa shape index (κ1) is 27.7. The number of nitrogens with zero attached hydrogens (tertiary/aromatic N) is 1. The minimum Gasteiger partial charge on any atom is -0.396 e. The maximum Gasteiger partial charge on any atom is 0.245 e. The van der Waals surface area contributed by atoms with Crippen molar-refractivity contribution in [2.45, 2.75) is 32.7 Å². The lowest BCUT2D eigenvalue weighted by Crippen LogP contribution is -2.63. The van der Waals surface area contributed by atoms with E-state index in [-0.39, 0.29) is 12.5 Å². The highest BCUT2D eigenvalue weighted by Gasteiger charge is 2.45. The summed E-state index contributed by atoms with van der Waals surface area (Å²) in [5.41, 5.74) is 6.21. The fourth-order valence-corrected chi connectivity index (χ4v) is 4.92. The summed E-state index contributed by atoms with van der Waals surface area (Å²) in [7, 11) is 0. The molecule has 0 radical (unpaired) electrons. The molecule has 0 bridgehead atoms. The van der Waals surface area contributed by atoms with Gasteiger partial charge in [0.1, 0.15) is 6.04 Å². The van der Waals surface area contributed by atoms with Crippen molar-refractivity contribution in [1.82, 2.24) is 4.90 Å². The minimum atomic E-state index is -0.436. The fourth-order valence-electron chi connectivity index (χ4n) is 4.66. The van der Waals surface area contributed by atoms with E-state index in [0.717, 1.165) is 29.9 Å². The highest BCUT2D eigenvalue weighted by molar-refractivity contribution is 6.18. The average molecular weight is 532 g/mol. The Morgan fingerprint density at radius 1 is 1.00 bits per heavy atom. The number of halogens is 1. The number of hydrogen-bond acceptors (Lipinski definition) is 4. The number of hydrogen-bond donors (Lipinski definition) is 3. The SMILES string of the molecule is Cc1ccc(C=CCCNc2ccccc2NC(Cc2ccc(C)cc2)C(=O)N2CC(CO)(CCl)C2)cc1. The van der Waals surface area contributed by atoms with Gasteiger partial charge >= 0.3 is 0 Å². The summed E-state index contributed by atoms with van der Waals surface area (Å²) < 4.78 is 0. The van der Waals surface area contributed by atoms with Gasteiger partial charge in [0.25, 0.3) is 0 Å². The maximum atomic E-state index is 13.6. The van der Waals surface area contributed by atoms with E-state index in [1.54, 1.807) is 4.90 Å². The van der Waals surface area contributed by atoms with Crippen molar-refractivity contribution in [2.75, 3.05) is 42.8 Å². The molecule has 4 rings (SSSR count). The molecule has 0 saturated carbocycles. The van der Waals surface area contributed by atoms with E-state index in [0.29, 0.717) is 25.4 Å². The second kappa shape index (κ2) is 13.0. The Morgan fingerprint density at radius 3 is 2.26 bits per heavy atom. The number of likely N-dealkylation sites (tertiary alicyclic amines) is 1. The number of alkyl halides is 1. The first-order valence-corrected chi connectivity index (χ1v) is 13.8. The number of aliphatic hydroxyl groups is 1. The van der Waals surface area contributed by atoms with E-state index in [2.05, 4.69) is 85.2 Å². The largest absolute Gasteiger partial charge is 0.396 e. The summed E-state index contributed by atoms with van der Waals surface area (Å²) in [6.07, 6.45) is 5.76. The molecule has 6 heteroatoms. The summed E-state index contributed by atoms with van der Waals surface area (Å²) in [6, 6.07) is 24.4. The van der Waals surface area contributed by atoms with Crippen LogP contribution in [0.1, 0.15) is 28.7 Å². The molecule has 5 nitrogen and oxygen atoms in total. The number of carbonyl (C=O) groups excluding carboxylic acids is 1. The maximum absolute atomic E-state index is 13.6. The Morgan fingerprint density at radius 2 is 1.63 bits per heavy atom. The van der Waals surface area contributed by atoms with Crippen LogP contribution in [0.2, 0.25) is 0 Å². The molecule has 1 heterocycles. The number of aliphatic hydroxyl groups excluding tert-OH is 1. The van der Waals surface area contributed by atoms with Gasteiger partial charge in [0.15, 0.2) is 0 Å². The van der Waals surface area contributed by atoms with Gasteiger partial charge in [-0.15, -0.1) is 11.6 Å². The number of benzene rings is 3. The lowest BCUT2D eigenvalue weighted by molar-refractivity contribution is -0.145. The second-order valence-electron chi connectivity index (χ2n) is 10.4. The molecule has 1 amide bonds. The number of rotatable bonds is 12. The standard InChI is InChI=1S/C32H38ClN3O2/c1-24-10-14-26(15-11-24)7-5-6-18-34-28-8-3-4-9-29(28)35-30(19-27-16-12-25(2)13-17-27)31(38)36-21-32(20-33,22-36)23-37/h3-5,7-17,30,34-35,37H,6,18-23H2,1-2H3. The van der Waals surface area contributed by atoms with Crippen molar-refractivity contribution < 1.29 is 9.90 Å². The molecular weight excluding hydrogens is 494 g/mol. The van der Waals surface area contributed by atoms with Gasteiger partial charge in [-0.05, 0) is 43.5 Å². The van der Waals surface area contributed by atoms with Crippen molar-refractivity contribution in [2.24, 2.45) is 5.41 Å². The minimum absolute atomic E-state index is 0.0124. The molecule has 0 aliphatic carbocycles. The first-order valence-electron chi connectivity index (χ1n) is 13.3. The Labute approximate surface area is 231 Å². The Balaban J connectivity index is 1.42. The van der Waals surface area contributed by atoms with Gasteiger partial charge in [-0.2, -0.15) is 0 Å². The van der Waals surface area contributed by atoms with E-state index >= 15 is 0 Å². The number of anilines is 2. The van der Waals surface area contributed by atoms with Crippen LogP contribution in [0.3, 0.4) is 0 Å². The van der Waals surface area contributed by atoms with Gasteiger partial charge < -0.3 is 20.6 Å². The topological polar surface area (TPSA) is 64.6 Å². The molecule has 3 N–H and O–H groups in total. The zero-order valence-corrected chi connectivity index (χ0v) is 23.0. The molecule has 0 spiro atoms. The summed E-state index contributed by atoms with van der Waals surface area (Å²) in [6.45, 7) is 5.87. The summed E-state index contributed by atoms with van der Waals surface area (Å²) in [5, 5.41) is 16.8. The monoisotopic (exact) mass is 531 g/mol. The predicted molar refractivity (Wildman–Crippen MR) is 159 cm³/mol. The third-order valence-electron chi connectivity index (χ3n) is 7.11. The zero-order valence-electron chi connectivity index (χ0n) is 22.3. The molecule has 38 heavy (non-hydrogen) atoms. The molecule has 1 unspecified atom stereocenters. The molecule has 0 aromatic heterocycles. The number of carbonyl (C=O) groups is 1. The van der Waals surface area contributed by atoms with Gasteiger partial charge in [0.2, 0.25) is 5.91 Å². The molecule has 3 aromatic carbocycles. The van der Waals surface area contributed by atoms with Crippen LogP contribution in [-0.2, 0) is 11.2 Å². The first-order chi connectivity index (χ1) is 18.4. The average Bonchev–Trinajstić information content (AvgIpc) is 2.91. The van der Waals surface area contributed by atoms with Crippen LogP contribution in [0.4, 0.5) is 11.4 Å². The highest BCUT2D eigenvalue weighted by Crippen LogP contribution is 2.33. The molecule has 200 valence electrons. The van der Waals surface area contributed by atoms with Gasteiger partial charge in [0, 0.05) is 37.4 Å². The Hall–Kier alpha value is -3.28. The van der Waals surface area contributed by atoms with Crippen LogP contribution >= 0.6 is 11.6 Å². The highest BCUT2D eigenvalue weighted by atomic mass is 35.5. The lowest BCUT2D eigenvalue weighted by Gasteiger charge is -2.49. The second-order valence-corrected chi connectivity index (χ2v) is 10.7. The summed E-state index contributed by atoms with van der Waals surface area (Å²) in [4.78, 5) is 15.4. The Bertz CT molecular complexity index is 1210. The summed E-state index contributed by atoms with van der Waals surface area (Å²) in [5.74, 6) is 0.365. The van der Waals surface area contributed by atoms with Crippen LogP contribution in [0.5, 0.6) is 0 Å². The van der Waals surface area contributed by atoms with Crippen LogP contribution in [0.15, 0.2) is 78.9 Å². The summed E-state index contributed by atoms with van der Waals surface area (Å²) >= 11 is 6.09. The van der Waals surface area contributed by atoms with Gasteiger partial charge in [-0.1, -0.05) is 83.9 Å². The number of nitrogens with one attached hydrogen (secondary N) is 2. The predicted octanol–water partition coefficient (Wildman–Crippen LogP) is 5.90. The molecule has 1 saturated heterocycles. The van der Waals surface area contributed by atoms with E-state index in [1.807, 2.05) is 24.3 Å². The normalized spacial score (nSPS) is 15.2. The molecule has 1 atom stereocenters. The van der Waals surface area contributed by atoms with Crippen LogP contribution in [0.25, 0.3) is 6.08 Å². The van der Waals surface area contributed by atoms with Crippen LogP contribution in [0, 0.1) is 19.3 Å². The van der Waals surface area contributed by atoms with Crippen LogP contribution in [-0.4, -0.2) is 54.1 Å². The van der Waals surface area contributed by atoms with Crippen molar-refractivity contribution in [3.05, 3.63) is 101 Å². The van der Waals surface area contributed by atoms with Crippen molar-refractivity contribution in [3.8, 4) is 0 Å². The molecule has 1 aliphatic heterocycles. The van der Waals surface area contributed by atoms with Gasteiger partial charge in [-0.25, -0.2) is 0 Å². The third kappa shape index (κ3) is 7.18. The quantitative estimate of drug-likeness (QED) is 0.201. The smallest absolute Gasteiger partial charge is 0.245 e. The van der Waals surface area contributed by atoms with Crippen molar-refractivity contribution >= 4 is 35.0 Å². The number of aryl methyl sites for hydroxylation is 2. The lowest BCUT2D eigenvalue weighted by atomic mass is 9.82. The molecular formula is C32H38ClN3O2. The van der Waals surface area contributed by atoms with Crippen LogP contribution < -0.4 is 10.6 Å². The number of para-hydroxylation sites is 2. The van der Waals surface area contributed by atoms with Crippen molar-refractivity contribution in [1.29, 1.82) is 0 Å². The van der Waals surface area contributed by atoms with E-state index < -0.39 is 11.5 Å². The fraction of sp³-hybridized carbons (Fsp3) is 0.344. The molecule has 3 aromatic rings.